The van der Waals surface area contributed by atoms with Crippen molar-refractivity contribution in [2.45, 2.75) is 65.0 Å². The summed E-state index contributed by atoms with van der Waals surface area (Å²) in [6, 6.07) is -0.447. The van der Waals surface area contributed by atoms with Crippen molar-refractivity contribution < 1.29 is 9.59 Å². The molecule has 0 bridgehead atoms. The van der Waals surface area contributed by atoms with Gasteiger partial charge in [-0.1, -0.05) is 34.1 Å². The van der Waals surface area contributed by atoms with E-state index in [0.717, 1.165) is 12.8 Å². The summed E-state index contributed by atoms with van der Waals surface area (Å²) in [6.45, 7) is 8.12. The summed E-state index contributed by atoms with van der Waals surface area (Å²) in [5.41, 5.74) is 19.8. The van der Waals surface area contributed by atoms with Crippen LogP contribution in [0.5, 0.6) is 0 Å². The Labute approximate surface area is 143 Å². The number of ketones is 2. The lowest BCUT2D eigenvalue weighted by Crippen LogP contribution is -2.64. The molecule has 0 spiro atoms. The smallest absolute Gasteiger partial charge is 0.207 e. The van der Waals surface area contributed by atoms with E-state index in [0.29, 0.717) is 29.6 Å². The molecule has 1 fully saturated rings. The maximum Gasteiger partial charge on any atom is 0.207 e. The highest BCUT2D eigenvalue weighted by atomic mass is 16.1. The van der Waals surface area contributed by atoms with Gasteiger partial charge in [0.2, 0.25) is 5.78 Å². The van der Waals surface area contributed by atoms with Crippen LogP contribution in [0.2, 0.25) is 0 Å². The van der Waals surface area contributed by atoms with Crippen LogP contribution in [0.3, 0.4) is 0 Å². The van der Waals surface area contributed by atoms with Gasteiger partial charge >= 0.3 is 0 Å². The number of allylic oxidation sites excluding steroid dienone is 2. The summed E-state index contributed by atoms with van der Waals surface area (Å²) in [5.74, 6) is -0.473. The van der Waals surface area contributed by atoms with Gasteiger partial charge in [0.15, 0.2) is 5.78 Å². The van der Waals surface area contributed by atoms with Gasteiger partial charge in [0, 0.05) is 28.3 Å². The van der Waals surface area contributed by atoms with Crippen molar-refractivity contribution in [2.75, 3.05) is 0 Å². The van der Waals surface area contributed by atoms with E-state index in [-0.39, 0.29) is 34.5 Å². The Morgan fingerprint density at radius 2 is 1.75 bits per heavy atom. The van der Waals surface area contributed by atoms with Crippen LogP contribution in [0.15, 0.2) is 22.4 Å². The normalized spacial score (nSPS) is 36.1. The van der Waals surface area contributed by atoms with E-state index in [4.69, 9.17) is 17.2 Å². The number of hydrogen-bond acceptors (Lipinski definition) is 5. The number of nitrogens with two attached hydrogens (primary N) is 3. The van der Waals surface area contributed by atoms with Gasteiger partial charge < -0.3 is 17.2 Å². The van der Waals surface area contributed by atoms with Crippen LogP contribution in [-0.4, -0.2) is 23.1 Å². The summed E-state index contributed by atoms with van der Waals surface area (Å²) in [7, 11) is 0. The van der Waals surface area contributed by atoms with E-state index in [1.54, 1.807) is 0 Å². The number of Topliss-reactive ketones (excluding diaryl/α,β-unsaturated/α-hetero) is 2. The van der Waals surface area contributed by atoms with Crippen LogP contribution >= 0.6 is 0 Å². The van der Waals surface area contributed by atoms with E-state index >= 15 is 0 Å². The number of fused-ring (bicyclic) bond motifs is 2. The van der Waals surface area contributed by atoms with E-state index in [1.165, 1.54) is 0 Å². The maximum absolute atomic E-state index is 13.1. The monoisotopic (exact) mass is 331 g/mol. The van der Waals surface area contributed by atoms with Gasteiger partial charge in [-0.3, -0.25) is 9.59 Å². The van der Waals surface area contributed by atoms with Gasteiger partial charge in [-0.2, -0.15) is 0 Å². The van der Waals surface area contributed by atoms with Crippen molar-refractivity contribution in [3.8, 4) is 0 Å². The molecule has 3 rings (SSSR count). The lowest BCUT2D eigenvalue weighted by molar-refractivity contribution is -0.119. The average Bonchev–Trinajstić information content (AvgIpc) is 2.45. The Bertz CT molecular complexity index is 687. The second-order valence-corrected chi connectivity index (χ2v) is 8.71. The number of hydrogen-bond donors (Lipinski definition) is 3. The number of rotatable bonds is 1. The zero-order valence-electron chi connectivity index (χ0n) is 15.1. The molecular formula is C19H29N3O2. The number of carbonyl (C=O) groups is 2. The fourth-order valence-corrected chi connectivity index (χ4v) is 5.23. The fourth-order valence-electron chi connectivity index (χ4n) is 5.23. The van der Waals surface area contributed by atoms with Crippen LogP contribution in [0, 0.1) is 17.3 Å². The van der Waals surface area contributed by atoms with Crippen LogP contribution < -0.4 is 17.2 Å². The highest BCUT2D eigenvalue weighted by Gasteiger charge is 2.57. The van der Waals surface area contributed by atoms with Crippen molar-refractivity contribution in [3.63, 3.8) is 0 Å². The molecule has 132 valence electrons. The van der Waals surface area contributed by atoms with Crippen molar-refractivity contribution >= 4 is 11.6 Å². The first-order chi connectivity index (χ1) is 11.0. The third kappa shape index (κ3) is 2.14. The van der Waals surface area contributed by atoms with Crippen LogP contribution in [0.4, 0.5) is 0 Å². The van der Waals surface area contributed by atoms with E-state index < -0.39 is 11.6 Å². The maximum atomic E-state index is 13.1. The molecular weight excluding hydrogens is 302 g/mol. The molecule has 24 heavy (non-hydrogen) atoms. The summed E-state index contributed by atoms with van der Waals surface area (Å²) in [5, 5.41) is 0. The topological polar surface area (TPSA) is 112 Å². The quantitative estimate of drug-likeness (QED) is 0.631. The molecule has 5 heteroatoms. The second kappa shape index (κ2) is 5.27. The summed E-state index contributed by atoms with van der Waals surface area (Å²) < 4.78 is 0. The van der Waals surface area contributed by atoms with Crippen LogP contribution in [0.1, 0.15) is 53.4 Å². The zero-order valence-corrected chi connectivity index (χ0v) is 15.1. The molecule has 5 nitrogen and oxygen atoms in total. The Hall–Kier alpha value is -1.46. The molecule has 0 aromatic carbocycles. The molecule has 0 amide bonds. The van der Waals surface area contributed by atoms with Gasteiger partial charge in [0.1, 0.15) is 0 Å². The van der Waals surface area contributed by atoms with E-state index in [2.05, 4.69) is 13.8 Å². The highest BCUT2D eigenvalue weighted by molar-refractivity contribution is 6.26. The van der Waals surface area contributed by atoms with Gasteiger partial charge in [-0.05, 0) is 36.5 Å². The van der Waals surface area contributed by atoms with Crippen LogP contribution in [0.25, 0.3) is 0 Å². The van der Waals surface area contributed by atoms with E-state index in [9.17, 15) is 9.59 Å². The van der Waals surface area contributed by atoms with Crippen molar-refractivity contribution in [1.82, 2.24) is 0 Å². The minimum Gasteiger partial charge on any atom is -0.395 e. The molecule has 1 saturated carbocycles. The summed E-state index contributed by atoms with van der Waals surface area (Å²) in [6.07, 6.45) is 3.34. The molecule has 1 unspecified atom stereocenters. The number of carbonyl (C=O) groups excluding carboxylic acids is 2. The SMILES string of the molecule is CC(C)C1=C(N)C(=O)C2=C(C1=O)[C@@H](N)CC1C(C)(C)CCC[C@]21N. The van der Waals surface area contributed by atoms with Gasteiger partial charge in [0.25, 0.3) is 0 Å². The molecule has 3 atom stereocenters. The second-order valence-electron chi connectivity index (χ2n) is 8.71. The average molecular weight is 331 g/mol. The minimum absolute atomic E-state index is 0.0106. The first-order valence-corrected chi connectivity index (χ1v) is 8.90. The molecule has 6 N–H and O–H groups in total. The Kier molecular flexibility index (Phi) is 3.81. The molecule has 0 aliphatic heterocycles. The summed E-state index contributed by atoms with van der Waals surface area (Å²) >= 11 is 0. The van der Waals surface area contributed by atoms with Crippen molar-refractivity contribution in [3.05, 3.63) is 22.4 Å². The summed E-state index contributed by atoms with van der Waals surface area (Å²) in [4.78, 5) is 26.2. The van der Waals surface area contributed by atoms with Gasteiger partial charge in [-0.25, -0.2) is 0 Å². The standard InChI is InChI=1S/C19H29N3O2/c1-9(2)12-15(21)17(24)14-13(16(12)23)10(20)8-11-18(3,4)6-5-7-19(11,14)22/h9-11H,5-8,20-22H2,1-4H3/t10-,11?,19+/m0/s1. The molecule has 0 heterocycles. The largest absolute Gasteiger partial charge is 0.395 e. The highest BCUT2D eigenvalue weighted by Crippen LogP contribution is 2.54. The third-order valence-corrected chi connectivity index (χ3v) is 6.40. The van der Waals surface area contributed by atoms with Crippen LogP contribution in [-0.2, 0) is 9.59 Å². The Morgan fingerprint density at radius 3 is 2.33 bits per heavy atom. The lowest BCUT2D eigenvalue weighted by atomic mass is 9.51. The van der Waals surface area contributed by atoms with Gasteiger partial charge in [-0.15, -0.1) is 0 Å². The predicted molar refractivity (Wildman–Crippen MR) is 93.7 cm³/mol. The predicted octanol–water partition coefficient (Wildman–Crippen LogP) is 1.56. The van der Waals surface area contributed by atoms with Crippen molar-refractivity contribution in [2.24, 2.45) is 34.5 Å². The van der Waals surface area contributed by atoms with Crippen molar-refractivity contribution in [1.29, 1.82) is 0 Å². The Morgan fingerprint density at radius 1 is 1.12 bits per heavy atom. The molecule has 3 aliphatic carbocycles. The molecule has 0 aromatic rings. The third-order valence-electron chi connectivity index (χ3n) is 6.40. The molecule has 0 saturated heterocycles. The minimum atomic E-state index is -0.799. The fraction of sp³-hybridized carbons (Fsp3) is 0.684. The zero-order chi connectivity index (χ0) is 18.0. The van der Waals surface area contributed by atoms with E-state index in [1.807, 2.05) is 13.8 Å². The lowest BCUT2D eigenvalue weighted by Gasteiger charge is -2.55. The Balaban J connectivity index is 2.22. The first kappa shape index (κ1) is 17.4. The molecule has 3 aliphatic rings. The van der Waals surface area contributed by atoms with Gasteiger partial charge in [0.05, 0.1) is 5.70 Å². The molecule has 0 radical (unpaired) electrons. The molecule has 0 aromatic heterocycles. The first-order valence-electron chi connectivity index (χ1n) is 8.90.